The van der Waals surface area contributed by atoms with E-state index in [9.17, 15) is 0 Å². The van der Waals surface area contributed by atoms with E-state index in [0.717, 1.165) is 64.0 Å². The van der Waals surface area contributed by atoms with Crippen LogP contribution >= 0.6 is 24.0 Å². The van der Waals surface area contributed by atoms with Gasteiger partial charge in [-0.25, -0.2) is 0 Å². The summed E-state index contributed by atoms with van der Waals surface area (Å²) in [5.74, 6) is 1.07. The minimum absolute atomic E-state index is 0. The second kappa shape index (κ2) is 11.9. The van der Waals surface area contributed by atoms with Crippen LogP contribution in [0.4, 0.5) is 0 Å². The van der Waals surface area contributed by atoms with Crippen molar-refractivity contribution in [3.63, 3.8) is 0 Å². The van der Waals surface area contributed by atoms with Crippen molar-refractivity contribution < 1.29 is 4.52 Å². The molecular weight excluding hydrogens is 455 g/mol. The van der Waals surface area contributed by atoms with Crippen LogP contribution in [0.25, 0.3) is 0 Å². The summed E-state index contributed by atoms with van der Waals surface area (Å²) in [5.41, 5.74) is 1.01. The molecule has 0 amide bonds. The highest BCUT2D eigenvalue weighted by Crippen LogP contribution is 2.15. The summed E-state index contributed by atoms with van der Waals surface area (Å²) in [5, 5.41) is 7.49. The molecule has 1 aromatic rings. The standard InChI is InChI=1S/C19H34N6O.HI/c1-3-20-19(21-8-10-24-9-5-4-6-17(24)2)25-13-11-23(12-14-25)16-18-7-15-26-22-18;/h7,15,17H,3-6,8-14,16H2,1-2H3,(H,20,21);1H. The largest absolute Gasteiger partial charge is 0.364 e. The fraction of sp³-hybridized carbons (Fsp3) is 0.789. The normalized spacial score (nSPS) is 22.5. The van der Waals surface area contributed by atoms with E-state index in [2.05, 4.69) is 39.0 Å². The number of piperidine rings is 1. The van der Waals surface area contributed by atoms with Crippen molar-refractivity contribution in [2.75, 3.05) is 52.4 Å². The summed E-state index contributed by atoms with van der Waals surface area (Å²) >= 11 is 0. The first-order valence-electron chi connectivity index (χ1n) is 10.1. The molecule has 1 atom stereocenters. The number of nitrogens with one attached hydrogen (secondary N) is 1. The van der Waals surface area contributed by atoms with Crippen LogP contribution in [0, 0.1) is 0 Å². The Morgan fingerprint density at radius 3 is 2.74 bits per heavy atom. The van der Waals surface area contributed by atoms with Gasteiger partial charge in [0.1, 0.15) is 6.26 Å². The molecule has 7 nitrogen and oxygen atoms in total. The van der Waals surface area contributed by atoms with Crippen LogP contribution in [0.3, 0.4) is 0 Å². The van der Waals surface area contributed by atoms with Crippen molar-refractivity contribution in [3.05, 3.63) is 18.0 Å². The summed E-state index contributed by atoms with van der Waals surface area (Å²) in [6.45, 7) is 13.5. The number of guanidine groups is 1. The third-order valence-electron chi connectivity index (χ3n) is 5.47. The quantitative estimate of drug-likeness (QED) is 0.375. The molecule has 0 bridgehead atoms. The van der Waals surface area contributed by atoms with Gasteiger partial charge in [-0.1, -0.05) is 11.6 Å². The average molecular weight is 490 g/mol. The number of halogens is 1. The van der Waals surface area contributed by atoms with Gasteiger partial charge in [0.15, 0.2) is 5.96 Å². The Morgan fingerprint density at radius 2 is 2.07 bits per heavy atom. The fourth-order valence-electron chi connectivity index (χ4n) is 3.87. The molecule has 2 aliphatic rings. The van der Waals surface area contributed by atoms with Crippen LogP contribution in [-0.4, -0.2) is 84.2 Å². The van der Waals surface area contributed by atoms with Crippen molar-refractivity contribution in [3.8, 4) is 0 Å². The first kappa shape index (κ1) is 22.4. The number of piperazine rings is 1. The predicted molar refractivity (Wildman–Crippen MR) is 120 cm³/mol. The van der Waals surface area contributed by atoms with Crippen molar-refractivity contribution in [1.82, 2.24) is 25.2 Å². The molecule has 1 aromatic heterocycles. The molecule has 154 valence electrons. The second-order valence-electron chi connectivity index (χ2n) is 7.37. The SMILES string of the molecule is CCNC(=NCCN1CCCCC1C)N1CCN(Cc2ccon2)CC1.I. The maximum atomic E-state index is 4.93. The molecule has 1 N–H and O–H groups in total. The topological polar surface area (TPSA) is 60.1 Å². The third kappa shape index (κ3) is 6.90. The van der Waals surface area contributed by atoms with Gasteiger partial charge in [-0.15, -0.1) is 24.0 Å². The number of likely N-dealkylation sites (tertiary alicyclic amines) is 1. The highest BCUT2D eigenvalue weighted by molar-refractivity contribution is 14.0. The van der Waals surface area contributed by atoms with E-state index >= 15 is 0 Å². The van der Waals surface area contributed by atoms with E-state index in [4.69, 9.17) is 9.52 Å². The highest BCUT2D eigenvalue weighted by Gasteiger charge is 2.21. The minimum atomic E-state index is 0. The number of nitrogens with zero attached hydrogens (tertiary/aromatic N) is 5. The van der Waals surface area contributed by atoms with Crippen molar-refractivity contribution >= 4 is 29.9 Å². The van der Waals surface area contributed by atoms with E-state index in [-0.39, 0.29) is 24.0 Å². The van der Waals surface area contributed by atoms with Crippen molar-refractivity contribution in [2.24, 2.45) is 4.99 Å². The summed E-state index contributed by atoms with van der Waals surface area (Å²) in [4.78, 5) is 12.3. The van der Waals surface area contributed by atoms with Gasteiger partial charge in [-0.05, 0) is 33.2 Å². The van der Waals surface area contributed by atoms with Crippen LogP contribution in [0.1, 0.15) is 38.8 Å². The highest BCUT2D eigenvalue weighted by atomic mass is 127. The molecule has 0 aromatic carbocycles. The Morgan fingerprint density at radius 1 is 1.26 bits per heavy atom. The molecule has 1 unspecified atom stereocenters. The molecular formula is C19H35IN6O. The van der Waals surface area contributed by atoms with Gasteiger partial charge in [-0.2, -0.15) is 0 Å². The van der Waals surface area contributed by atoms with Crippen molar-refractivity contribution in [1.29, 1.82) is 0 Å². The zero-order valence-corrected chi connectivity index (χ0v) is 19.1. The lowest BCUT2D eigenvalue weighted by Gasteiger charge is -2.36. The average Bonchev–Trinajstić information content (AvgIpc) is 3.16. The van der Waals surface area contributed by atoms with Gasteiger partial charge in [0.2, 0.25) is 0 Å². The number of aromatic nitrogens is 1. The third-order valence-corrected chi connectivity index (χ3v) is 5.47. The van der Waals surface area contributed by atoms with Gasteiger partial charge in [0.25, 0.3) is 0 Å². The molecule has 3 heterocycles. The monoisotopic (exact) mass is 490 g/mol. The Hall–Kier alpha value is -0.870. The van der Waals surface area contributed by atoms with Crippen LogP contribution < -0.4 is 5.32 Å². The van der Waals surface area contributed by atoms with E-state index < -0.39 is 0 Å². The molecule has 8 heteroatoms. The van der Waals surface area contributed by atoms with Gasteiger partial charge < -0.3 is 14.7 Å². The molecule has 2 fully saturated rings. The summed E-state index contributed by atoms with van der Waals surface area (Å²) in [7, 11) is 0. The van der Waals surface area contributed by atoms with Gasteiger partial charge in [-0.3, -0.25) is 14.8 Å². The van der Waals surface area contributed by atoms with Gasteiger partial charge in [0, 0.05) is 57.9 Å². The lowest BCUT2D eigenvalue weighted by atomic mass is 10.0. The fourth-order valence-corrected chi connectivity index (χ4v) is 3.87. The smallest absolute Gasteiger partial charge is 0.194 e. The molecule has 27 heavy (non-hydrogen) atoms. The molecule has 3 rings (SSSR count). The summed E-state index contributed by atoms with van der Waals surface area (Å²) in [6.07, 6.45) is 5.69. The lowest BCUT2D eigenvalue weighted by Crippen LogP contribution is -2.52. The molecule has 2 aliphatic heterocycles. The molecule has 2 saturated heterocycles. The predicted octanol–water partition coefficient (Wildman–Crippen LogP) is 2.25. The minimum Gasteiger partial charge on any atom is -0.364 e. The summed E-state index contributed by atoms with van der Waals surface area (Å²) < 4.78 is 4.93. The summed E-state index contributed by atoms with van der Waals surface area (Å²) in [6, 6.07) is 2.65. The first-order chi connectivity index (χ1) is 12.8. The van der Waals surface area contributed by atoms with Gasteiger partial charge in [0.05, 0.1) is 12.2 Å². The maximum Gasteiger partial charge on any atom is 0.194 e. The zero-order chi connectivity index (χ0) is 18.2. The van der Waals surface area contributed by atoms with Gasteiger partial charge >= 0.3 is 0 Å². The second-order valence-corrected chi connectivity index (χ2v) is 7.37. The number of rotatable bonds is 6. The number of hydrogen-bond donors (Lipinski definition) is 1. The number of hydrogen-bond acceptors (Lipinski definition) is 5. The molecule has 0 radical (unpaired) electrons. The van der Waals surface area contributed by atoms with Crippen LogP contribution in [-0.2, 0) is 6.54 Å². The molecule has 0 aliphatic carbocycles. The maximum absolute atomic E-state index is 4.93. The van der Waals surface area contributed by atoms with Crippen LogP contribution in [0.15, 0.2) is 21.8 Å². The van der Waals surface area contributed by atoms with Crippen LogP contribution in [0.5, 0.6) is 0 Å². The molecule has 0 saturated carbocycles. The van der Waals surface area contributed by atoms with E-state index in [1.54, 1.807) is 6.26 Å². The van der Waals surface area contributed by atoms with E-state index in [1.165, 1.54) is 25.8 Å². The molecule has 0 spiro atoms. The van der Waals surface area contributed by atoms with E-state index in [1.807, 2.05) is 6.07 Å². The lowest BCUT2D eigenvalue weighted by molar-refractivity contribution is 0.162. The Labute approximate surface area is 180 Å². The van der Waals surface area contributed by atoms with E-state index in [0.29, 0.717) is 6.04 Å². The van der Waals surface area contributed by atoms with Crippen molar-refractivity contribution in [2.45, 2.75) is 45.7 Å². The Bertz CT molecular complexity index is 544. The first-order valence-corrected chi connectivity index (χ1v) is 10.1. The Balaban J connectivity index is 0.00000261. The zero-order valence-electron chi connectivity index (χ0n) is 16.8. The number of aliphatic imine (C=N–C) groups is 1. The Kier molecular flexibility index (Phi) is 9.84. The van der Waals surface area contributed by atoms with Crippen LogP contribution in [0.2, 0.25) is 0 Å².